The number of halogens is 1. The molecule has 0 unspecified atom stereocenters. The highest BCUT2D eigenvalue weighted by Gasteiger charge is 2.20. The van der Waals surface area contributed by atoms with Crippen molar-refractivity contribution in [3.8, 4) is 0 Å². The van der Waals surface area contributed by atoms with Gasteiger partial charge >= 0.3 is 0 Å². The van der Waals surface area contributed by atoms with Gasteiger partial charge in [0.2, 0.25) is 0 Å². The van der Waals surface area contributed by atoms with E-state index in [1.165, 1.54) is 0 Å². The number of hydrogen-bond donors (Lipinski definition) is 1. The molecule has 144 valence electrons. The van der Waals surface area contributed by atoms with Gasteiger partial charge in [0.05, 0.1) is 5.69 Å². The fourth-order valence-corrected chi connectivity index (χ4v) is 2.87. The van der Waals surface area contributed by atoms with Crippen molar-refractivity contribution >= 4 is 29.9 Å². The van der Waals surface area contributed by atoms with Gasteiger partial charge in [0.15, 0.2) is 5.96 Å². The van der Waals surface area contributed by atoms with Crippen molar-refractivity contribution in [1.82, 2.24) is 35.0 Å². The molecule has 1 aliphatic rings. The molecule has 0 aliphatic carbocycles. The summed E-state index contributed by atoms with van der Waals surface area (Å²) in [6.07, 6.45) is 1.56. The third-order valence-electron chi connectivity index (χ3n) is 4.24. The average molecular weight is 474 g/mol. The molecular formula is C16H27IN8O. The second-order valence-electron chi connectivity index (χ2n) is 6.16. The molecule has 1 N–H and O–H groups in total. The molecule has 10 heteroatoms. The Balaban J connectivity index is 0.00000243. The zero-order chi connectivity index (χ0) is 17.6. The minimum absolute atomic E-state index is 0. The van der Waals surface area contributed by atoms with E-state index in [0.29, 0.717) is 6.54 Å². The summed E-state index contributed by atoms with van der Waals surface area (Å²) in [5, 5.41) is 11.5. The summed E-state index contributed by atoms with van der Waals surface area (Å²) in [6.45, 7) is 10.0. The first-order valence-electron chi connectivity index (χ1n) is 8.66. The summed E-state index contributed by atoms with van der Waals surface area (Å²) >= 11 is 0. The third-order valence-corrected chi connectivity index (χ3v) is 4.24. The minimum atomic E-state index is 0. The molecule has 0 bridgehead atoms. The zero-order valence-electron chi connectivity index (χ0n) is 15.6. The molecule has 26 heavy (non-hydrogen) atoms. The number of hydrogen-bond acceptors (Lipinski definition) is 6. The monoisotopic (exact) mass is 474 g/mol. The largest absolute Gasteiger partial charge is 0.361 e. The van der Waals surface area contributed by atoms with Crippen LogP contribution in [0.25, 0.3) is 0 Å². The summed E-state index contributed by atoms with van der Waals surface area (Å²) in [4.78, 5) is 13.6. The Bertz CT molecular complexity index is 705. The molecule has 1 saturated heterocycles. The highest BCUT2D eigenvalue weighted by atomic mass is 127. The quantitative estimate of drug-likeness (QED) is 0.393. The number of guanidine groups is 1. The molecule has 1 fully saturated rings. The van der Waals surface area contributed by atoms with Gasteiger partial charge in [-0.1, -0.05) is 5.16 Å². The van der Waals surface area contributed by atoms with Gasteiger partial charge in [-0.15, -0.1) is 24.0 Å². The predicted molar refractivity (Wildman–Crippen MR) is 109 cm³/mol. The van der Waals surface area contributed by atoms with Crippen LogP contribution in [0.4, 0.5) is 0 Å². The predicted octanol–water partition coefficient (Wildman–Crippen LogP) is 1.01. The fourth-order valence-electron chi connectivity index (χ4n) is 2.87. The fraction of sp³-hybridized carbons (Fsp3) is 0.625. The number of nitrogens with zero attached hydrogens (tertiary/aromatic N) is 7. The Hall–Kier alpha value is -1.69. The maximum absolute atomic E-state index is 5.15. The van der Waals surface area contributed by atoms with Crippen LogP contribution in [0.1, 0.15) is 24.2 Å². The molecule has 2 aromatic heterocycles. The van der Waals surface area contributed by atoms with Crippen molar-refractivity contribution in [3.63, 3.8) is 0 Å². The Morgan fingerprint density at radius 2 is 2.08 bits per heavy atom. The smallest absolute Gasteiger partial charge is 0.194 e. The van der Waals surface area contributed by atoms with E-state index in [2.05, 4.69) is 37.3 Å². The van der Waals surface area contributed by atoms with Crippen LogP contribution >= 0.6 is 24.0 Å². The number of aryl methyl sites for hydroxylation is 2. The van der Waals surface area contributed by atoms with Crippen LogP contribution in [0.2, 0.25) is 0 Å². The summed E-state index contributed by atoms with van der Waals surface area (Å²) in [5.41, 5.74) is 0.994. The SMILES string of the molecule is CCNC(=NCc1ncnn1C)N1CCN(Cc2cc(C)on2)CC1.I. The Labute approximate surface area is 170 Å². The molecule has 3 heterocycles. The Morgan fingerprint density at radius 3 is 2.65 bits per heavy atom. The number of aromatic nitrogens is 4. The minimum Gasteiger partial charge on any atom is -0.361 e. The normalized spacial score (nSPS) is 15.8. The maximum atomic E-state index is 5.15. The number of aliphatic imine (C=N–C) groups is 1. The second-order valence-corrected chi connectivity index (χ2v) is 6.16. The molecule has 1 aliphatic heterocycles. The van der Waals surface area contributed by atoms with Crippen LogP contribution in [-0.4, -0.2) is 68.4 Å². The molecule has 0 atom stereocenters. The molecular weight excluding hydrogens is 447 g/mol. The lowest BCUT2D eigenvalue weighted by atomic mass is 10.3. The van der Waals surface area contributed by atoms with Gasteiger partial charge in [0, 0.05) is 52.4 Å². The zero-order valence-corrected chi connectivity index (χ0v) is 17.9. The van der Waals surface area contributed by atoms with Gasteiger partial charge in [-0.05, 0) is 13.8 Å². The summed E-state index contributed by atoms with van der Waals surface area (Å²) in [5.74, 6) is 2.65. The van der Waals surface area contributed by atoms with Crippen LogP contribution < -0.4 is 5.32 Å². The van der Waals surface area contributed by atoms with Crippen molar-refractivity contribution in [2.24, 2.45) is 12.0 Å². The number of piperazine rings is 1. The van der Waals surface area contributed by atoms with E-state index in [1.54, 1.807) is 11.0 Å². The molecule has 0 aromatic carbocycles. The first kappa shape index (κ1) is 20.6. The number of nitrogens with one attached hydrogen (secondary N) is 1. The Morgan fingerprint density at radius 1 is 1.31 bits per heavy atom. The van der Waals surface area contributed by atoms with Crippen LogP contribution in [-0.2, 0) is 20.1 Å². The van der Waals surface area contributed by atoms with E-state index in [9.17, 15) is 0 Å². The number of rotatable bonds is 5. The third kappa shape index (κ3) is 5.40. The van der Waals surface area contributed by atoms with Gasteiger partial charge in [0.25, 0.3) is 0 Å². The van der Waals surface area contributed by atoms with Gasteiger partial charge in [0.1, 0.15) is 24.5 Å². The van der Waals surface area contributed by atoms with Crippen LogP contribution in [0.3, 0.4) is 0 Å². The van der Waals surface area contributed by atoms with E-state index < -0.39 is 0 Å². The lowest BCUT2D eigenvalue weighted by Crippen LogP contribution is -2.52. The lowest BCUT2D eigenvalue weighted by molar-refractivity contribution is 0.169. The van der Waals surface area contributed by atoms with E-state index in [4.69, 9.17) is 9.52 Å². The molecule has 0 saturated carbocycles. The van der Waals surface area contributed by atoms with Crippen LogP contribution in [0, 0.1) is 6.92 Å². The topological polar surface area (TPSA) is 87.6 Å². The maximum Gasteiger partial charge on any atom is 0.194 e. The molecule has 0 amide bonds. The second kappa shape index (κ2) is 9.86. The van der Waals surface area contributed by atoms with Crippen molar-refractivity contribution in [2.75, 3.05) is 32.7 Å². The van der Waals surface area contributed by atoms with Gasteiger partial charge in [-0.3, -0.25) is 9.58 Å². The van der Waals surface area contributed by atoms with Gasteiger partial charge in [-0.2, -0.15) is 5.10 Å². The summed E-state index contributed by atoms with van der Waals surface area (Å²) in [6, 6.07) is 2.00. The molecule has 3 rings (SSSR count). The van der Waals surface area contributed by atoms with Crippen molar-refractivity contribution in [1.29, 1.82) is 0 Å². The van der Waals surface area contributed by atoms with Crippen LogP contribution in [0.15, 0.2) is 21.9 Å². The average Bonchev–Trinajstić information content (AvgIpc) is 3.20. The van der Waals surface area contributed by atoms with E-state index in [-0.39, 0.29) is 24.0 Å². The van der Waals surface area contributed by atoms with E-state index in [1.807, 2.05) is 20.0 Å². The first-order valence-corrected chi connectivity index (χ1v) is 8.66. The standard InChI is InChI=1S/C16H26N8O.HI/c1-4-17-16(18-10-15-19-12-20-22(15)3)24-7-5-23(6-8-24)11-14-9-13(2)25-21-14;/h9,12H,4-8,10-11H2,1-3H3,(H,17,18);1H. The van der Waals surface area contributed by atoms with Crippen molar-refractivity contribution in [3.05, 3.63) is 29.7 Å². The highest BCUT2D eigenvalue weighted by Crippen LogP contribution is 2.09. The first-order chi connectivity index (χ1) is 12.2. The molecule has 0 radical (unpaired) electrons. The van der Waals surface area contributed by atoms with Crippen molar-refractivity contribution < 1.29 is 4.52 Å². The lowest BCUT2D eigenvalue weighted by Gasteiger charge is -2.36. The van der Waals surface area contributed by atoms with Crippen molar-refractivity contribution in [2.45, 2.75) is 26.9 Å². The van der Waals surface area contributed by atoms with E-state index in [0.717, 1.165) is 62.5 Å². The van der Waals surface area contributed by atoms with Gasteiger partial charge in [-0.25, -0.2) is 9.98 Å². The van der Waals surface area contributed by atoms with Crippen LogP contribution in [0.5, 0.6) is 0 Å². The highest BCUT2D eigenvalue weighted by molar-refractivity contribution is 14.0. The van der Waals surface area contributed by atoms with E-state index >= 15 is 0 Å². The summed E-state index contributed by atoms with van der Waals surface area (Å²) in [7, 11) is 1.88. The molecule has 9 nitrogen and oxygen atoms in total. The molecule has 0 spiro atoms. The molecule has 2 aromatic rings. The van der Waals surface area contributed by atoms with Gasteiger partial charge < -0.3 is 14.7 Å². The summed E-state index contributed by atoms with van der Waals surface area (Å²) < 4.78 is 6.90. The Kier molecular flexibility index (Phi) is 7.82.